The van der Waals surface area contributed by atoms with Crippen molar-refractivity contribution >= 4 is 5.82 Å². The fourth-order valence-electron chi connectivity index (χ4n) is 1.52. The highest BCUT2D eigenvalue weighted by Crippen LogP contribution is 2.10. The first-order chi connectivity index (χ1) is 7.27. The Labute approximate surface area is 86.4 Å². The van der Waals surface area contributed by atoms with E-state index in [9.17, 15) is 10.1 Å². The van der Waals surface area contributed by atoms with E-state index >= 15 is 0 Å². The van der Waals surface area contributed by atoms with Crippen LogP contribution in [0.2, 0.25) is 0 Å². The van der Waals surface area contributed by atoms with Gasteiger partial charge in [0.15, 0.2) is 6.67 Å². The first-order valence-electron chi connectivity index (χ1n) is 4.73. The molecule has 1 saturated heterocycles. The lowest BCUT2D eigenvalue weighted by Crippen LogP contribution is -2.37. The molecule has 0 amide bonds. The maximum Gasteiger partial charge on any atom is 0.346 e. The third-order valence-corrected chi connectivity index (χ3v) is 2.32. The molecule has 0 bridgehead atoms. The normalized spacial score (nSPS) is 17.9. The highest BCUT2D eigenvalue weighted by atomic mass is 16.6. The number of nitro groups is 1. The summed E-state index contributed by atoms with van der Waals surface area (Å²) in [6.07, 6.45) is 1.44. The zero-order valence-corrected chi connectivity index (χ0v) is 8.20. The molecule has 1 aromatic rings. The molecule has 7 heteroatoms. The first-order valence-corrected chi connectivity index (χ1v) is 4.73. The maximum absolute atomic E-state index is 10.6. The summed E-state index contributed by atoms with van der Waals surface area (Å²) in [5.41, 5.74) is 0. The van der Waals surface area contributed by atoms with E-state index in [2.05, 4.69) is 10.00 Å². The van der Waals surface area contributed by atoms with Crippen LogP contribution in [0.4, 0.5) is 5.82 Å². The largest absolute Gasteiger partial charge is 0.379 e. The van der Waals surface area contributed by atoms with E-state index in [0.717, 1.165) is 13.1 Å². The number of hydrogen-bond donors (Lipinski definition) is 0. The van der Waals surface area contributed by atoms with Gasteiger partial charge in [-0.25, -0.2) is 0 Å². The number of ether oxygens (including phenoxy) is 1. The molecule has 1 aromatic heterocycles. The van der Waals surface area contributed by atoms with Gasteiger partial charge in [-0.1, -0.05) is 5.10 Å². The number of morpholine rings is 1. The summed E-state index contributed by atoms with van der Waals surface area (Å²) in [4.78, 5) is 12.3. The van der Waals surface area contributed by atoms with Crippen molar-refractivity contribution in [3.05, 3.63) is 22.4 Å². The molecule has 0 saturated carbocycles. The van der Waals surface area contributed by atoms with Crippen molar-refractivity contribution in [2.45, 2.75) is 6.67 Å². The van der Waals surface area contributed by atoms with Gasteiger partial charge in [-0.2, -0.15) is 0 Å². The van der Waals surface area contributed by atoms with Gasteiger partial charge in [0.25, 0.3) is 0 Å². The fourth-order valence-corrected chi connectivity index (χ4v) is 1.52. The van der Waals surface area contributed by atoms with Gasteiger partial charge >= 0.3 is 5.82 Å². The smallest absolute Gasteiger partial charge is 0.346 e. The third-order valence-electron chi connectivity index (χ3n) is 2.32. The predicted octanol–water partition coefficient (Wildman–Crippen LogP) is 0.0810. The van der Waals surface area contributed by atoms with Crippen LogP contribution in [0, 0.1) is 10.1 Å². The van der Waals surface area contributed by atoms with Crippen molar-refractivity contribution in [3.8, 4) is 0 Å². The van der Waals surface area contributed by atoms with Crippen LogP contribution in [0.5, 0.6) is 0 Å². The number of hydrogen-bond acceptors (Lipinski definition) is 5. The average molecular weight is 212 g/mol. The molecule has 15 heavy (non-hydrogen) atoms. The second kappa shape index (κ2) is 4.37. The summed E-state index contributed by atoms with van der Waals surface area (Å²) < 4.78 is 6.59. The van der Waals surface area contributed by atoms with Gasteiger partial charge in [-0.15, -0.1) is 4.68 Å². The predicted molar refractivity (Wildman–Crippen MR) is 51.3 cm³/mol. The summed E-state index contributed by atoms with van der Waals surface area (Å²) in [6.45, 7) is 3.38. The second-order valence-corrected chi connectivity index (χ2v) is 3.32. The summed E-state index contributed by atoms with van der Waals surface area (Å²) in [6, 6.07) is 1.40. The standard InChI is InChI=1S/C8H12N4O3/c13-12(14)8-1-2-9-11(8)7-10-3-5-15-6-4-10/h1-2H,3-7H2. The minimum absolute atomic E-state index is 0.0292. The first kappa shape index (κ1) is 10.1. The number of rotatable bonds is 3. The zero-order valence-electron chi connectivity index (χ0n) is 8.20. The molecule has 1 aliphatic heterocycles. The van der Waals surface area contributed by atoms with E-state index in [1.165, 1.54) is 16.9 Å². The Morgan fingerprint density at radius 2 is 2.27 bits per heavy atom. The van der Waals surface area contributed by atoms with Crippen LogP contribution in [0.15, 0.2) is 12.3 Å². The topological polar surface area (TPSA) is 73.4 Å². The summed E-state index contributed by atoms with van der Waals surface area (Å²) in [5, 5.41) is 14.6. The summed E-state index contributed by atoms with van der Waals surface area (Å²) in [5.74, 6) is 0.0292. The van der Waals surface area contributed by atoms with Gasteiger partial charge in [0.05, 0.1) is 25.5 Å². The Morgan fingerprint density at radius 1 is 1.53 bits per heavy atom. The van der Waals surface area contributed by atoms with E-state index in [0.29, 0.717) is 19.9 Å². The molecule has 2 rings (SSSR count). The highest BCUT2D eigenvalue weighted by molar-refractivity contribution is 5.15. The van der Waals surface area contributed by atoms with Crippen LogP contribution >= 0.6 is 0 Å². The Bertz CT molecular complexity index is 345. The summed E-state index contributed by atoms with van der Waals surface area (Å²) in [7, 11) is 0. The molecule has 1 aliphatic rings. The Kier molecular flexibility index (Phi) is 2.93. The molecule has 82 valence electrons. The van der Waals surface area contributed by atoms with Crippen LogP contribution in [0.3, 0.4) is 0 Å². The lowest BCUT2D eigenvalue weighted by molar-refractivity contribution is -0.393. The van der Waals surface area contributed by atoms with E-state index in [4.69, 9.17) is 4.74 Å². The zero-order chi connectivity index (χ0) is 10.7. The van der Waals surface area contributed by atoms with Crippen molar-refractivity contribution < 1.29 is 9.66 Å². The molecule has 0 radical (unpaired) electrons. The summed E-state index contributed by atoms with van der Waals surface area (Å²) >= 11 is 0. The molecule has 0 aliphatic carbocycles. The molecule has 0 spiro atoms. The van der Waals surface area contributed by atoms with Crippen LogP contribution in [-0.2, 0) is 11.4 Å². The van der Waals surface area contributed by atoms with E-state index in [1.807, 2.05) is 0 Å². The number of aromatic nitrogens is 2. The van der Waals surface area contributed by atoms with Gasteiger partial charge in [0.1, 0.15) is 0 Å². The Hall–Kier alpha value is -1.47. The van der Waals surface area contributed by atoms with Gasteiger partial charge in [-0.05, 0) is 4.92 Å². The third kappa shape index (κ3) is 2.31. The molecule has 7 nitrogen and oxygen atoms in total. The van der Waals surface area contributed by atoms with E-state index < -0.39 is 4.92 Å². The molecule has 0 N–H and O–H groups in total. The maximum atomic E-state index is 10.6. The van der Waals surface area contributed by atoms with Gasteiger partial charge < -0.3 is 14.9 Å². The molecule has 2 heterocycles. The average Bonchev–Trinajstić information content (AvgIpc) is 2.67. The van der Waals surface area contributed by atoms with E-state index in [-0.39, 0.29) is 5.82 Å². The minimum atomic E-state index is -0.423. The van der Waals surface area contributed by atoms with Gasteiger partial charge in [0.2, 0.25) is 0 Å². The van der Waals surface area contributed by atoms with Crippen molar-refractivity contribution in [3.63, 3.8) is 0 Å². The Morgan fingerprint density at radius 3 is 2.93 bits per heavy atom. The van der Waals surface area contributed by atoms with Crippen LogP contribution < -0.4 is 0 Å². The van der Waals surface area contributed by atoms with Crippen LogP contribution in [-0.4, -0.2) is 45.9 Å². The quantitative estimate of drug-likeness (QED) is 0.524. The lowest BCUT2D eigenvalue weighted by Gasteiger charge is -2.24. The van der Waals surface area contributed by atoms with Crippen LogP contribution in [0.1, 0.15) is 0 Å². The molecule has 0 atom stereocenters. The molecule has 0 aromatic carbocycles. The molecule has 0 unspecified atom stereocenters. The monoisotopic (exact) mass is 212 g/mol. The minimum Gasteiger partial charge on any atom is -0.379 e. The van der Waals surface area contributed by atoms with Gasteiger partial charge in [0, 0.05) is 13.1 Å². The van der Waals surface area contributed by atoms with Crippen molar-refractivity contribution in [2.75, 3.05) is 26.3 Å². The highest BCUT2D eigenvalue weighted by Gasteiger charge is 2.18. The Balaban J connectivity index is 2.03. The van der Waals surface area contributed by atoms with Crippen molar-refractivity contribution in [2.24, 2.45) is 0 Å². The van der Waals surface area contributed by atoms with Crippen molar-refractivity contribution in [1.82, 2.24) is 14.7 Å². The van der Waals surface area contributed by atoms with Crippen LogP contribution in [0.25, 0.3) is 0 Å². The van der Waals surface area contributed by atoms with Crippen molar-refractivity contribution in [1.29, 1.82) is 0 Å². The molecular weight excluding hydrogens is 200 g/mol. The fraction of sp³-hybridized carbons (Fsp3) is 0.625. The number of nitrogens with zero attached hydrogens (tertiary/aromatic N) is 4. The molecule has 1 fully saturated rings. The second-order valence-electron chi connectivity index (χ2n) is 3.32. The van der Waals surface area contributed by atoms with Gasteiger partial charge in [-0.3, -0.25) is 4.90 Å². The lowest BCUT2D eigenvalue weighted by atomic mass is 10.4. The van der Waals surface area contributed by atoms with E-state index in [1.54, 1.807) is 0 Å². The molecular formula is C8H12N4O3. The SMILES string of the molecule is O=[N+]([O-])c1ccnn1CN1CCOCC1.